The van der Waals surface area contributed by atoms with Gasteiger partial charge >= 0.3 is 6.09 Å². The number of anilines is 1. The average molecular weight is 873 g/mol. The Hall–Kier alpha value is -6.39. The van der Waals surface area contributed by atoms with Gasteiger partial charge < -0.3 is 14.8 Å². The minimum absolute atomic E-state index is 0.0424. The summed E-state index contributed by atoms with van der Waals surface area (Å²) in [6.45, 7) is 4.80. The highest BCUT2D eigenvalue weighted by Crippen LogP contribution is 2.38. The smallest absolute Gasteiger partial charge is 0.408 e. The normalized spacial score (nSPS) is 12.4. The maximum absolute atomic E-state index is 15.1. The number of benzene rings is 5. The van der Waals surface area contributed by atoms with Crippen molar-refractivity contribution < 1.29 is 35.9 Å². The van der Waals surface area contributed by atoms with Crippen molar-refractivity contribution in [3.05, 3.63) is 147 Å². The third kappa shape index (κ3) is 9.05. The van der Waals surface area contributed by atoms with E-state index in [9.17, 15) is 22.0 Å². The largest absolute Gasteiger partial charge is 0.497 e. The Balaban J connectivity index is 1.51. The van der Waals surface area contributed by atoms with Crippen LogP contribution in [0.15, 0.2) is 102 Å². The van der Waals surface area contributed by atoms with E-state index in [2.05, 4.69) is 10.4 Å². The second-order valence-electron chi connectivity index (χ2n) is 15.4. The highest BCUT2D eigenvalue weighted by molar-refractivity contribution is 7.92. The van der Waals surface area contributed by atoms with Gasteiger partial charge in [0.25, 0.3) is 5.56 Å². The number of carbonyl (C=O) groups is 1. The number of hydrogen-bond donors (Lipinski definition) is 1. The Labute approximate surface area is 354 Å². The van der Waals surface area contributed by atoms with Crippen molar-refractivity contribution in [1.82, 2.24) is 24.6 Å². The molecule has 17 heteroatoms. The van der Waals surface area contributed by atoms with Crippen molar-refractivity contribution >= 4 is 55.3 Å². The fourth-order valence-electron chi connectivity index (χ4n) is 7.09. The molecular weight excluding hydrogens is 833 g/mol. The lowest BCUT2D eigenvalue weighted by Gasteiger charge is -2.26. The van der Waals surface area contributed by atoms with Crippen LogP contribution in [0.2, 0.25) is 5.02 Å². The van der Waals surface area contributed by atoms with Crippen LogP contribution in [0.3, 0.4) is 0 Å². The first-order chi connectivity index (χ1) is 28.8. The quantitative estimate of drug-likeness (QED) is 0.136. The fourth-order valence-corrected chi connectivity index (χ4v) is 8.15. The lowest BCUT2D eigenvalue weighted by Crippen LogP contribution is -2.39. The molecule has 2 heterocycles. The predicted molar refractivity (Wildman–Crippen MR) is 228 cm³/mol. The van der Waals surface area contributed by atoms with Gasteiger partial charge in [0.05, 0.1) is 58.5 Å². The van der Waals surface area contributed by atoms with Gasteiger partial charge in [0.2, 0.25) is 10.0 Å². The van der Waals surface area contributed by atoms with Crippen LogP contribution in [-0.4, -0.2) is 52.8 Å². The van der Waals surface area contributed by atoms with Crippen molar-refractivity contribution in [1.29, 1.82) is 0 Å². The number of alkyl carbamates (subject to hydrolysis) is 1. The number of ether oxygens (including phenoxy) is 2. The van der Waals surface area contributed by atoms with Crippen molar-refractivity contribution in [3.8, 4) is 22.6 Å². The van der Waals surface area contributed by atoms with E-state index in [-0.39, 0.29) is 68.3 Å². The summed E-state index contributed by atoms with van der Waals surface area (Å²) in [5.41, 5.74) is 0.132. The van der Waals surface area contributed by atoms with Gasteiger partial charge in [0, 0.05) is 25.1 Å². The summed E-state index contributed by atoms with van der Waals surface area (Å²) in [5, 5.41) is 7.74. The van der Waals surface area contributed by atoms with E-state index in [1.165, 1.54) is 46.7 Å². The number of methoxy groups -OCH3 is 1. The molecule has 0 bridgehead atoms. The van der Waals surface area contributed by atoms with Crippen LogP contribution < -0.4 is 19.9 Å². The van der Waals surface area contributed by atoms with Gasteiger partial charge in [0.1, 0.15) is 34.6 Å². The molecule has 12 nitrogen and oxygen atoms in total. The molecule has 0 spiro atoms. The summed E-state index contributed by atoms with van der Waals surface area (Å²) in [4.78, 5) is 33.6. The Bertz CT molecular complexity index is 2990. The number of halogens is 4. The molecule has 1 amide bonds. The van der Waals surface area contributed by atoms with Crippen molar-refractivity contribution in [3.63, 3.8) is 0 Å². The number of rotatable bonds is 11. The molecule has 7 rings (SSSR count). The first-order valence-corrected chi connectivity index (χ1v) is 21.1. The van der Waals surface area contributed by atoms with Crippen molar-refractivity contribution in [2.75, 3.05) is 17.7 Å². The molecule has 0 aliphatic carbocycles. The predicted octanol–water partition coefficient (Wildman–Crippen LogP) is 8.79. The van der Waals surface area contributed by atoms with Crippen LogP contribution in [0.4, 0.5) is 23.8 Å². The summed E-state index contributed by atoms with van der Waals surface area (Å²) in [6.07, 6.45) is -0.194. The van der Waals surface area contributed by atoms with Crippen LogP contribution in [0.1, 0.15) is 43.8 Å². The highest BCUT2D eigenvalue weighted by Gasteiger charge is 2.31. The molecule has 1 atom stereocenters. The molecule has 1 N–H and O–H groups in total. The van der Waals surface area contributed by atoms with Crippen molar-refractivity contribution in [2.45, 2.75) is 45.4 Å². The van der Waals surface area contributed by atoms with Gasteiger partial charge in [-0.3, -0.25) is 14.0 Å². The summed E-state index contributed by atoms with van der Waals surface area (Å²) >= 11 is 6.89. The minimum atomic E-state index is -4.03. The number of aromatic nitrogens is 4. The molecular formula is C44H40ClF3N6O6S. The highest BCUT2D eigenvalue weighted by atomic mass is 35.5. The number of fused-ring (bicyclic) bond motifs is 2. The van der Waals surface area contributed by atoms with E-state index in [1.807, 2.05) is 0 Å². The van der Waals surface area contributed by atoms with Crippen LogP contribution >= 0.6 is 11.6 Å². The lowest BCUT2D eigenvalue weighted by molar-refractivity contribution is 0.0500. The first kappa shape index (κ1) is 42.7. The average Bonchev–Trinajstić information content (AvgIpc) is 3.52. The minimum Gasteiger partial charge on any atom is -0.497 e. The third-order valence-electron chi connectivity index (χ3n) is 9.71. The van der Waals surface area contributed by atoms with E-state index >= 15 is 9.18 Å². The summed E-state index contributed by atoms with van der Waals surface area (Å²) in [7, 11) is -0.965. The Morgan fingerprint density at radius 1 is 0.934 bits per heavy atom. The zero-order chi connectivity index (χ0) is 44.0. The molecule has 7 aromatic rings. The molecule has 2 aromatic heterocycles. The number of nitrogens with zero attached hydrogens (tertiary/aromatic N) is 5. The van der Waals surface area contributed by atoms with Crippen LogP contribution in [0, 0.1) is 17.5 Å². The summed E-state index contributed by atoms with van der Waals surface area (Å²) < 4.78 is 86.0. The molecule has 0 saturated carbocycles. The fraction of sp³-hybridized carbons (Fsp3) is 0.227. The van der Waals surface area contributed by atoms with Gasteiger partial charge in [0.15, 0.2) is 5.82 Å². The van der Waals surface area contributed by atoms with Crippen LogP contribution in [-0.2, 0) is 34.8 Å². The summed E-state index contributed by atoms with van der Waals surface area (Å²) in [5.74, 6) is -1.87. The SMILES string of the molecule is COc1ccc(CN(c2nn(C)c3c(-n4c([C@H](Cc5cc(F)cc(F)c5)NC(=O)OC(C)(C)C)nc5cc(-c6ccccc6F)ccc5c4=O)ccc(Cl)c23)S(C)(=O)=O)cc1. The van der Waals surface area contributed by atoms with E-state index in [4.69, 9.17) is 26.1 Å². The van der Waals surface area contributed by atoms with E-state index < -0.39 is 50.8 Å². The summed E-state index contributed by atoms with van der Waals surface area (Å²) in [6, 6.07) is 22.0. The van der Waals surface area contributed by atoms with Gasteiger partial charge in [-0.1, -0.05) is 48.0 Å². The van der Waals surface area contributed by atoms with E-state index in [0.29, 0.717) is 22.9 Å². The molecule has 0 radical (unpaired) electrons. The van der Waals surface area contributed by atoms with E-state index in [1.54, 1.807) is 76.3 Å². The van der Waals surface area contributed by atoms with Gasteiger partial charge in [-0.15, -0.1) is 0 Å². The standard InChI is InChI=1S/C44H40ClF3N6O6S/c1-44(2,3)60-43(56)50-36(21-26-19-28(46)23-29(47)20-26)40-49-35-22-27(31-9-7-8-10-34(31)48)13-16-32(35)42(55)54(40)37-18-17-33(45)38-39(37)52(4)51-41(38)53(61(6,57)58)24-25-11-14-30(59-5)15-12-25/h7-20,22-23,36H,21,24H2,1-6H3,(H,50,56)/t36-/m0/s1. The molecule has 5 aromatic carbocycles. The Morgan fingerprint density at radius 3 is 2.26 bits per heavy atom. The number of sulfonamides is 1. The second-order valence-corrected chi connectivity index (χ2v) is 17.7. The zero-order valence-electron chi connectivity index (χ0n) is 33.8. The molecule has 0 saturated heterocycles. The van der Waals surface area contributed by atoms with Gasteiger partial charge in [-0.2, -0.15) is 5.10 Å². The third-order valence-corrected chi connectivity index (χ3v) is 11.1. The number of nitrogens with one attached hydrogen (secondary N) is 1. The van der Waals surface area contributed by atoms with Gasteiger partial charge in [-0.05, 0) is 92.1 Å². The monoisotopic (exact) mass is 872 g/mol. The van der Waals surface area contributed by atoms with Crippen LogP contribution in [0.25, 0.3) is 38.6 Å². The van der Waals surface area contributed by atoms with Gasteiger partial charge in [-0.25, -0.2) is 35.7 Å². The molecule has 61 heavy (non-hydrogen) atoms. The topological polar surface area (TPSA) is 138 Å². The van der Waals surface area contributed by atoms with E-state index in [0.717, 1.165) is 22.7 Å². The number of aryl methyl sites for hydroxylation is 1. The maximum Gasteiger partial charge on any atom is 0.408 e. The van der Waals surface area contributed by atoms with Crippen molar-refractivity contribution in [2.24, 2.45) is 7.05 Å². The molecule has 0 unspecified atom stereocenters. The lowest BCUT2D eigenvalue weighted by atomic mass is 10.0. The Kier molecular flexibility index (Phi) is 11.6. The molecule has 0 aliphatic rings. The number of carbonyl (C=O) groups excluding carboxylic acids is 1. The Morgan fingerprint density at radius 2 is 1.62 bits per heavy atom. The molecule has 316 valence electrons. The second kappa shape index (κ2) is 16.6. The first-order valence-electron chi connectivity index (χ1n) is 18.8. The number of hydrogen-bond acceptors (Lipinski definition) is 8. The zero-order valence-corrected chi connectivity index (χ0v) is 35.4. The molecule has 0 fully saturated rings. The molecule has 0 aliphatic heterocycles. The number of amides is 1. The maximum atomic E-state index is 15.1. The van der Waals surface area contributed by atoms with Crippen LogP contribution in [0.5, 0.6) is 5.75 Å².